The summed E-state index contributed by atoms with van der Waals surface area (Å²) in [5.74, 6) is 0. The molecule has 0 unspecified atom stereocenters. The number of nitrogens with zero attached hydrogens (tertiary/aromatic N) is 3. The molecule has 2 aromatic rings. The Labute approximate surface area is 112 Å². The van der Waals surface area contributed by atoms with E-state index < -0.39 is 0 Å². The smallest absolute Gasteiger partial charge is 0.104 e. The Morgan fingerprint density at radius 3 is 2.89 bits per heavy atom. The highest BCUT2D eigenvalue weighted by Crippen LogP contribution is 2.17. The second-order valence-electron chi connectivity index (χ2n) is 4.29. The van der Waals surface area contributed by atoms with Crippen LogP contribution >= 0.6 is 12.2 Å². The van der Waals surface area contributed by atoms with Crippen molar-refractivity contribution in [3.05, 3.63) is 47.8 Å². The van der Waals surface area contributed by atoms with Crippen LogP contribution in [0.1, 0.15) is 11.1 Å². The van der Waals surface area contributed by atoms with Gasteiger partial charge in [0.25, 0.3) is 0 Å². The van der Waals surface area contributed by atoms with E-state index in [-0.39, 0.29) is 0 Å². The third kappa shape index (κ3) is 2.87. The number of anilines is 1. The van der Waals surface area contributed by atoms with E-state index in [2.05, 4.69) is 10.00 Å². The highest BCUT2D eigenvalue weighted by Gasteiger charge is 2.05. The van der Waals surface area contributed by atoms with E-state index in [0.29, 0.717) is 4.99 Å². The lowest BCUT2D eigenvalue weighted by atomic mass is 10.2. The minimum atomic E-state index is 0.423. The normalized spacial score (nSPS) is 10.3. The molecule has 1 aromatic heterocycles. The molecule has 0 fully saturated rings. The zero-order valence-electron chi connectivity index (χ0n) is 10.5. The van der Waals surface area contributed by atoms with Crippen LogP contribution in [0, 0.1) is 0 Å². The summed E-state index contributed by atoms with van der Waals surface area (Å²) in [4.78, 5) is 2.56. The Morgan fingerprint density at radius 1 is 1.50 bits per heavy atom. The summed E-state index contributed by atoms with van der Waals surface area (Å²) in [6.45, 7) is 0.800. The molecule has 0 atom stereocenters. The fourth-order valence-electron chi connectivity index (χ4n) is 1.82. The van der Waals surface area contributed by atoms with Gasteiger partial charge < -0.3 is 10.6 Å². The maximum absolute atomic E-state index is 5.64. The number of hydrogen-bond acceptors (Lipinski definition) is 3. The summed E-state index contributed by atoms with van der Waals surface area (Å²) in [5.41, 5.74) is 8.78. The summed E-state index contributed by atoms with van der Waals surface area (Å²) in [6, 6.07) is 7.92. The number of rotatable bonds is 4. The first-order chi connectivity index (χ1) is 8.56. The molecule has 1 heterocycles. The van der Waals surface area contributed by atoms with Crippen molar-refractivity contribution in [2.75, 3.05) is 11.9 Å². The maximum Gasteiger partial charge on any atom is 0.104 e. The quantitative estimate of drug-likeness (QED) is 0.850. The predicted molar refractivity (Wildman–Crippen MR) is 77.6 cm³/mol. The van der Waals surface area contributed by atoms with Gasteiger partial charge in [-0.05, 0) is 12.1 Å². The lowest BCUT2D eigenvalue weighted by Gasteiger charge is -2.19. The number of hydrogen-bond donors (Lipinski definition) is 1. The van der Waals surface area contributed by atoms with Crippen LogP contribution in [0.3, 0.4) is 0 Å². The number of nitrogens with two attached hydrogens (primary N) is 1. The molecule has 5 heteroatoms. The van der Waals surface area contributed by atoms with Crippen molar-refractivity contribution >= 4 is 22.9 Å². The van der Waals surface area contributed by atoms with E-state index >= 15 is 0 Å². The minimum Gasteiger partial charge on any atom is -0.389 e. The van der Waals surface area contributed by atoms with Crippen LogP contribution in [-0.2, 0) is 13.6 Å². The fourth-order valence-corrected chi connectivity index (χ4v) is 1.94. The van der Waals surface area contributed by atoms with Gasteiger partial charge in [-0.15, -0.1) is 0 Å². The van der Waals surface area contributed by atoms with Gasteiger partial charge in [-0.1, -0.05) is 24.4 Å². The van der Waals surface area contributed by atoms with Crippen LogP contribution < -0.4 is 10.6 Å². The maximum atomic E-state index is 5.64. The van der Waals surface area contributed by atoms with Gasteiger partial charge >= 0.3 is 0 Å². The van der Waals surface area contributed by atoms with Crippen molar-refractivity contribution in [1.82, 2.24) is 9.78 Å². The van der Waals surface area contributed by atoms with Crippen LogP contribution in [-0.4, -0.2) is 21.8 Å². The van der Waals surface area contributed by atoms with E-state index in [4.69, 9.17) is 18.0 Å². The van der Waals surface area contributed by atoms with Gasteiger partial charge in [-0.2, -0.15) is 5.10 Å². The average molecular weight is 260 g/mol. The monoisotopic (exact) mass is 260 g/mol. The summed E-state index contributed by atoms with van der Waals surface area (Å²) in [6.07, 6.45) is 3.88. The summed E-state index contributed by atoms with van der Waals surface area (Å²) in [5, 5.41) is 4.16. The molecule has 0 aliphatic heterocycles. The largest absolute Gasteiger partial charge is 0.389 e. The van der Waals surface area contributed by atoms with Gasteiger partial charge in [0.05, 0.1) is 6.20 Å². The Morgan fingerprint density at radius 2 is 2.28 bits per heavy atom. The van der Waals surface area contributed by atoms with Gasteiger partial charge in [0.15, 0.2) is 0 Å². The van der Waals surface area contributed by atoms with E-state index in [0.717, 1.165) is 17.8 Å². The molecule has 1 aromatic carbocycles. The third-order valence-corrected chi connectivity index (χ3v) is 2.99. The van der Waals surface area contributed by atoms with E-state index in [1.54, 1.807) is 4.68 Å². The number of benzene rings is 1. The lowest BCUT2D eigenvalue weighted by molar-refractivity contribution is 0.766. The molecule has 0 aliphatic carbocycles. The van der Waals surface area contributed by atoms with Crippen LogP contribution in [0.5, 0.6) is 0 Å². The minimum absolute atomic E-state index is 0.423. The van der Waals surface area contributed by atoms with Crippen molar-refractivity contribution in [3.8, 4) is 0 Å². The Balaban J connectivity index is 2.15. The molecule has 0 saturated heterocycles. The van der Waals surface area contributed by atoms with E-state index in [1.807, 2.05) is 50.8 Å². The molecule has 0 aliphatic rings. The molecular formula is C13H16N4S. The van der Waals surface area contributed by atoms with Gasteiger partial charge in [0.1, 0.15) is 4.99 Å². The predicted octanol–water partition coefficient (Wildman–Crippen LogP) is 1.69. The molecule has 4 nitrogen and oxygen atoms in total. The summed E-state index contributed by atoms with van der Waals surface area (Å²) < 4.78 is 1.80. The Hall–Kier alpha value is -1.88. The SMILES string of the molecule is CN(Cc1cnn(C)c1)c1cccc(C(N)=S)c1. The van der Waals surface area contributed by atoms with Gasteiger partial charge in [-0.3, -0.25) is 4.68 Å². The first-order valence-corrected chi connectivity index (χ1v) is 6.05. The van der Waals surface area contributed by atoms with Crippen molar-refractivity contribution < 1.29 is 0 Å². The third-order valence-electron chi connectivity index (χ3n) is 2.75. The van der Waals surface area contributed by atoms with Crippen LogP contribution in [0.2, 0.25) is 0 Å². The molecule has 2 rings (SSSR count). The first kappa shape index (κ1) is 12.6. The van der Waals surface area contributed by atoms with Crippen LogP contribution in [0.25, 0.3) is 0 Å². The second-order valence-corrected chi connectivity index (χ2v) is 4.73. The fraction of sp³-hybridized carbons (Fsp3) is 0.231. The van der Waals surface area contributed by atoms with Gasteiger partial charge in [0, 0.05) is 43.7 Å². The van der Waals surface area contributed by atoms with E-state index in [1.165, 1.54) is 5.56 Å². The second kappa shape index (κ2) is 5.18. The standard InChI is InChI=1S/C13H16N4S/c1-16(8-10-7-15-17(2)9-10)12-5-3-4-11(6-12)13(14)18/h3-7,9H,8H2,1-2H3,(H2,14,18). The molecule has 0 spiro atoms. The highest BCUT2D eigenvalue weighted by atomic mass is 32.1. The number of aryl methyl sites for hydroxylation is 1. The number of thiocarbonyl (C=S) groups is 1. The molecule has 94 valence electrons. The summed E-state index contributed by atoms with van der Waals surface area (Å²) >= 11 is 4.99. The van der Waals surface area contributed by atoms with E-state index in [9.17, 15) is 0 Å². The summed E-state index contributed by atoms with van der Waals surface area (Å²) in [7, 11) is 3.95. The van der Waals surface area contributed by atoms with Crippen LogP contribution in [0.4, 0.5) is 5.69 Å². The molecule has 2 N–H and O–H groups in total. The highest BCUT2D eigenvalue weighted by molar-refractivity contribution is 7.80. The number of aromatic nitrogens is 2. The van der Waals surface area contributed by atoms with Crippen molar-refractivity contribution in [1.29, 1.82) is 0 Å². The Bertz CT molecular complexity index is 562. The zero-order chi connectivity index (χ0) is 13.1. The van der Waals surface area contributed by atoms with Gasteiger partial charge in [0.2, 0.25) is 0 Å². The molecule has 0 saturated carbocycles. The van der Waals surface area contributed by atoms with Crippen molar-refractivity contribution in [2.45, 2.75) is 6.54 Å². The average Bonchev–Trinajstić information content (AvgIpc) is 2.75. The lowest BCUT2D eigenvalue weighted by Crippen LogP contribution is -2.17. The molecule has 18 heavy (non-hydrogen) atoms. The molecular weight excluding hydrogens is 244 g/mol. The zero-order valence-corrected chi connectivity index (χ0v) is 11.3. The van der Waals surface area contributed by atoms with Crippen molar-refractivity contribution in [3.63, 3.8) is 0 Å². The Kier molecular flexibility index (Phi) is 3.62. The topological polar surface area (TPSA) is 47.1 Å². The first-order valence-electron chi connectivity index (χ1n) is 5.65. The van der Waals surface area contributed by atoms with Crippen LogP contribution in [0.15, 0.2) is 36.7 Å². The van der Waals surface area contributed by atoms with Gasteiger partial charge in [-0.25, -0.2) is 0 Å². The molecule has 0 radical (unpaired) electrons. The molecule has 0 amide bonds. The van der Waals surface area contributed by atoms with Crippen molar-refractivity contribution in [2.24, 2.45) is 12.8 Å². The molecule has 0 bridgehead atoms.